The smallest absolute Gasteiger partial charge is 0.356 e. The Morgan fingerprint density at radius 3 is 2.59 bits per heavy atom. The SMILES string of the molecule is Cn1nnnc1S(=O)(=O)c1sc(NC(=O)Nc2ccnc(C(=O)C3CCCC3)c2)nc1C(=O)O. The number of aryl methyl sites for hydroxylation is 1. The quantitative estimate of drug-likeness (QED) is 0.393. The molecule has 16 heteroatoms. The zero-order valence-electron chi connectivity index (χ0n) is 17.6. The molecule has 178 valence electrons. The third-order valence-electron chi connectivity index (χ3n) is 5.08. The molecule has 1 aliphatic rings. The number of Topliss-reactive ketones (excluding diaryl/α,β-unsaturated/α-hetero) is 1. The Hall–Kier alpha value is -3.79. The van der Waals surface area contributed by atoms with E-state index >= 15 is 0 Å². The van der Waals surface area contributed by atoms with Gasteiger partial charge in [0, 0.05) is 24.8 Å². The highest BCUT2D eigenvalue weighted by atomic mass is 32.2. The lowest BCUT2D eigenvalue weighted by molar-refractivity contribution is 0.0687. The molecule has 0 aliphatic heterocycles. The van der Waals surface area contributed by atoms with Crippen LogP contribution in [0, 0.1) is 5.92 Å². The van der Waals surface area contributed by atoms with Crippen molar-refractivity contribution in [1.29, 1.82) is 0 Å². The molecule has 0 radical (unpaired) electrons. The zero-order chi connectivity index (χ0) is 24.5. The largest absolute Gasteiger partial charge is 0.476 e. The van der Waals surface area contributed by atoms with Crippen molar-refractivity contribution in [3.8, 4) is 0 Å². The summed E-state index contributed by atoms with van der Waals surface area (Å²) in [6.45, 7) is 0. The standard InChI is InChI=1S/C18H18N8O6S2/c1-26-18(23-24-25-26)34(31,32)15-12(14(28)29)21-17(33-15)22-16(30)20-10-6-7-19-11(8-10)13(27)9-4-2-3-5-9/h6-9H,2-5H2,1H3,(H,28,29)(H2,19,20,21,22,30). The zero-order valence-corrected chi connectivity index (χ0v) is 19.3. The fourth-order valence-electron chi connectivity index (χ4n) is 3.51. The first-order chi connectivity index (χ1) is 16.2. The second-order valence-electron chi connectivity index (χ2n) is 7.40. The van der Waals surface area contributed by atoms with Crippen LogP contribution in [0.5, 0.6) is 0 Å². The lowest BCUT2D eigenvalue weighted by Gasteiger charge is -2.09. The average molecular weight is 507 g/mol. The van der Waals surface area contributed by atoms with Gasteiger partial charge in [0.25, 0.3) is 15.0 Å². The number of urea groups is 1. The minimum absolute atomic E-state index is 0.0779. The van der Waals surface area contributed by atoms with Crippen LogP contribution < -0.4 is 10.6 Å². The topological polar surface area (TPSA) is 199 Å². The first kappa shape index (κ1) is 23.4. The highest BCUT2D eigenvalue weighted by Crippen LogP contribution is 2.32. The fraction of sp³-hybridized carbons (Fsp3) is 0.333. The van der Waals surface area contributed by atoms with E-state index in [1.807, 2.05) is 0 Å². The molecular formula is C18H18N8O6S2. The van der Waals surface area contributed by atoms with E-state index in [0.29, 0.717) is 11.3 Å². The number of aromatic nitrogens is 6. The van der Waals surface area contributed by atoms with Crippen LogP contribution in [0.4, 0.5) is 15.6 Å². The number of rotatable bonds is 7. The summed E-state index contributed by atoms with van der Waals surface area (Å²) in [6, 6.07) is 2.11. The van der Waals surface area contributed by atoms with Crippen molar-refractivity contribution in [2.45, 2.75) is 35.0 Å². The molecule has 1 saturated carbocycles. The monoisotopic (exact) mass is 506 g/mol. The number of aromatic carboxylic acids is 1. The lowest BCUT2D eigenvalue weighted by atomic mass is 9.99. The Labute approximate surface area is 196 Å². The fourth-order valence-corrected chi connectivity index (χ4v) is 6.18. The van der Waals surface area contributed by atoms with Crippen LogP contribution in [-0.4, -0.2) is 61.5 Å². The van der Waals surface area contributed by atoms with E-state index in [1.165, 1.54) is 25.4 Å². The van der Waals surface area contributed by atoms with Crippen LogP contribution in [0.3, 0.4) is 0 Å². The third-order valence-corrected chi connectivity index (χ3v) is 8.26. The first-order valence-electron chi connectivity index (χ1n) is 9.96. The van der Waals surface area contributed by atoms with Gasteiger partial charge in [-0.25, -0.2) is 27.7 Å². The molecule has 4 rings (SSSR count). The van der Waals surface area contributed by atoms with Crippen LogP contribution in [0.15, 0.2) is 27.7 Å². The van der Waals surface area contributed by atoms with Gasteiger partial charge in [-0.15, -0.1) is 0 Å². The van der Waals surface area contributed by atoms with E-state index < -0.39 is 36.9 Å². The highest BCUT2D eigenvalue weighted by molar-refractivity contribution is 7.93. The molecule has 0 aromatic carbocycles. The number of carboxylic acids is 1. The Bertz CT molecular complexity index is 1380. The summed E-state index contributed by atoms with van der Waals surface area (Å²) >= 11 is 0.438. The number of nitrogens with zero attached hydrogens (tertiary/aromatic N) is 6. The van der Waals surface area contributed by atoms with Crippen molar-refractivity contribution in [2.24, 2.45) is 13.0 Å². The predicted molar refractivity (Wildman–Crippen MR) is 116 cm³/mol. The Morgan fingerprint density at radius 1 is 1.21 bits per heavy atom. The van der Waals surface area contributed by atoms with Crippen molar-refractivity contribution in [3.63, 3.8) is 0 Å². The molecule has 14 nitrogen and oxygen atoms in total. The Kier molecular flexibility index (Phi) is 6.34. The second-order valence-corrected chi connectivity index (χ2v) is 10.4. The van der Waals surface area contributed by atoms with Gasteiger partial charge in [0.2, 0.25) is 0 Å². The van der Waals surface area contributed by atoms with Gasteiger partial charge in [-0.1, -0.05) is 29.3 Å². The van der Waals surface area contributed by atoms with E-state index in [-0.39, 0.29) is 28.2 Å². The molecule has 2 amide bonds. The van der Waals surface area contributed by atoms with Crippen LogP contribution >= 0.6 is 11.3 Å². The number of hydrogen-bond acceptors (Lipinski definition) is 11. The normalized spacial score (nSPS) is 14.1. The summed E-state index contributed by atoms with van der Waals surface area (Å²) in [6.07, 6.45) is 5.00. The van der Waals surface area contributed by atoms with Gasteiger partial charge < -0.3 is 10.4 Å². The maximum atomic E-state index is 12.8. The maximum Gasteiger partial charge on any atom is 0.356 e. The van der Waals surface area contributed by atoms with Crippen molar-refractivity contribution >= 4 is 49.8 Å². The number of tetrazole rings is 1. The maximum absolute atomic E-state index is 12.8. The molecule has 3 N–H and O–H groups in total. The minimum atomic E-state index is -4.41. The molecule has 3 aromatic heterocycles. The highest BCUT2D eigenvalue weighted by Gasteiger charge is 2.34. The van der Waals surface area contributed by atoms with Crippen molar-refractivity contribution in [2.75, 3.05) is 10.6 Å². The molecule has 0 spiro atoms. The van der Waals surface area contributed by atoms with Crippen molar-refractivity contribution in [1.82, 2.24) is 30.2 Å². The molecule has 0 saturated heterocycles. The summed E-state index contributed by atoms with van der Waals surface area (Å²) in [7, 11) is -3.14. The number of amides is 2. The molecule has 3 heterocycles. The summed E-state index contributed by atoms with van der Waals surface area (Å²) < 4.78 is 25.9. The van der Waals surface area contributed by atoms with Crippen LogP contribution in [0.2, 0.25) is 0 Å². The number of thiazole rings is 1. The predicted octanol–water partition coefficient (Wildman–Crippen LogP) is 1.61. The third kappa shape index (κ3) is 4.62. The molecule has 34 heavy (non-hydrogen) atoms. The van der Waals surface area contributed by atoms with Gasteiger partial charge in [0.05, 0.1) is 0 Å². The van der Waals surface area contributed by atoms with Gasteiger partial charge in [-0.3, -0.25) is 15.1 Å². The van der Waals surface area contributed by atoms with E-state index in [0.717, 1.165) is 30.4 Å². The van der Waals surface area contributed by atoms with E-state index in [2.05, 4.69) is 36.1 Å². The molecule has 0 atom stereocenters. The van der Waals surface area contributed by atoms with Gasteiger partial charge in [0.1, 0.15) is 5.69 Å². The second kappa shape index (κ2) is 9.22. The van der Waals surface area contributed by atoms with Gasteiger partial charge in [0.15, 0.2) is 20.8 Å². The first-order valence-corrected chi connectivity index (χ1v) is 12.3. The number of hydrogen-bond donors (Lipinski definition) is 3. The van der Waals surface area contributed by atoms with Gasteiger partial charge in [-0.2, -0.15) is 0 Å². The van der Waals surface area contributed by atoms with Crippen LogP contribution in [-0.2, 0) is 16.9 Å². The summed E-state index contributed by atoms with van der Waals surface area (Å²) in [4.78, 5) is 44.4. The molecular weight excluding hydrogens is 488 g/mol. The molecule has 0 unspecified atom stereocenters. The molecule has 3 aromatic rings. The average Bonchev–Trinajstić information content (AvgIpc) is 3.54. The number of carbonyl (C=O) groups excluding carboxylic acids is 2. The van der Waals surface area contributed by atoms with Gasteiger partial charge >= 0.3 is 12.0 Å². The molecule has 1 fully saturated rings. The van der Waals surface area contributed by atoms with E-state index in [9.17, 15) is 27.9 Å². The minimum Gasteiger partial charge on any atom is -0.476 e. The number of carbonyl (C=O) groups is 3. The van der Waals surface area contributed by atoms with E-state index in [1.54, 1.807) is 0 Å². The van der Waals surface area contributed by atoms with Crippen molar-refractivity contribution in [3.05, 3.63) is 29.7 Å². The number of nitrogens with one attached hydrogen (secondary N) is 2. The number of anilines is 2. The Balaban J connectivity index is 1.52. The van der Waals surface area contributed by atoms with E-state index in [4.69, 9.17) is 0 Å². The summed E-state index contributed by atoms with van der Waals surface area (Å²) in [5, 5.41) is 23.4. The number of sulfone groups is 1. The van der Waals surface area contributed by atoms with Crippen LogP contribution in [0.25, 0.3) is 0 Å². The van der Waals surface area contributed by atoms with Crippen molar-refractivity contribution < 1.29 is 27.9 Å². The number of pyridine rings is 1. The van der Waals surface area contributed by atoms with Crippen LogP contribution in [0.1, 0.15) is 46.7 Å². The molecule has 0 bridgehead atoms. The number of carboxylic acid groups (broad SMARTS) is 1. The summed E-state index contributed by atoms with van der Waals surface area (Å²) in [5.41, 5.74) is -0.267. The molecule has 1 aliphatic carbocycles. The van der Waals surface area contributed by atoms with Gasteiger partial charge in [-0.05, 0) is 35.4 Å². The lowest BCUT2D eigenvalue weighted by Crippen LogP contribution is -2.20. The summed E-state index contributed by atoms with van der Waals surface area (Å²) in [5.74, 6) is -1.77. The number of ketones is 1. The Morgan fingerprint density at radius 2 is 1.94 bits per heavy atom.